The summed E-state index contributed by atoms with van der Waals surface area (Å²) in [5.74, 6) is -0.208. The lowest BCUT2D eigenvalue weighted by atomic mass is 10.1. The molecular formula is C20H26ClN3O3S. The second kappa shape index (κ2) is 10.0. The van der Waals surface area contributed by atoms with E-state index < -0.39 is 10.0 Å². The van der Waals surface area contributed by atoms with E-state index in [0.29, 0.717) is 23.8 Å². The molecule has 0 spiro atoms. The van der Waals surface area contributed by atoms with Gasteiger partial charge in [0.1, 0.15) is 0 Å². The maximum absolute atomic E-state index is 12.5. The molecule has 0 saturated heterocycles. The van der Waals surface area contributed by atoms with Gasteiger partial charge in [0.15, 0.2) is 0 Å². The molecule has 0 aliphatic heterocycles. The fourth-order valence-corrected chi connectivity index (χ4v) is 4.33. The number of hydrogen-bond acceptors (Lipinski definition) is 4. The zero-order chi connectivity index (χ0) is 20.7. The van der Waals surface area contributed by atoms with Crippen LogP contribution < -0.4 is 10.6 Å². The van der Waals surface area contributed by atoms with Crippen LogP contribution in [-0.2, 0) is 14.8 Å². The van der Waals surface area contributed by atoms with Crippen LogP contribution >= 0.6 is 11.6 Å². The average molecular weight is 424 g/mol. The molecule has 0 bridgehead atoms. The lowest BCUT2D eigenvalue weighted by molar-refractivity contribution is -0.115. The molecule has 152 valence electrons. The fourth-order valence-electron chi connectivity index (χ4n) is 2.74. The minimum atomic E-state index is -3.50. The number of anilines is 1. The summed E-state index contributed by atoms with van der Waals surface area (Å²) in [6, 6.07) is 13.6. The highest BCUT2D eigenvalue weighted by atomic mass is 35.5. The summed E-state index contributed by atoms with van der Waals surface area (Å²) < 4.78 is 26.4. The monoisotopic (exact) mass is 423 g/mol. The van der Waals surface area contributed by atoms with Gasteiger partial charge in [0, 0.05) is 29.8 Å². The van der Waals surface area contributed by atoms with Crippen LogP contribution in [0.5, 0.6) is 0 Å². The Morgan fingerprint density at radius 2 is 1.61 bits per heavy atom. The molecule has 0 saturated carbocycles. The molecule has 0 heterocycles. The largest absolute Gasteiger partial charge is 0.325 e. The Kier molecular flexibility index (Phi) is 8.00. The summed E-state index contributed by atoms with van der Waals surface area (Å²) in [6.07, 6.45) is 0. The number of carbonyl (C=O) groups is 1. The minimum Gasteiger partial charge on any atom is -0.325 e. The number of amides is 1. The minimum absolute atomic E-state index is 0.00962. The van der Waals surface area contributed by atoms with Crippen molar-refractivity contribution in [2.75, 3.05) is 25.0 Å². The molecule has 1 atom stereocenters. The molecule has 6 nitrogen and oxygen atoms in total. The van der Waals surface area contributed by atoms with Crippen molar-refractivity contribution in [3.8, 4) is 0 Å². The molecule has 1 amide bonds. The summed E-state index contributed by atoms with van der Waals surface area (Å²) >= 11 is 5.88. The third-order valence-electron chi connectivity index (χ3n) is 4.42. The second-order valence-electron chi connectivity index (χ2n) is 6.32. The first kappa shape index (κ1) is 22.4. The molecule has 2 aromatic rings. The zero-order valence-corrected chi connectivity index (χ0v) is 17.8. The van der Waals surface area contributed by atoms with Gasteiger partial charge in [0.25, 0.3) is 0 Å². The van der Waals surface area contributed by atoms with E-state index in [4.69, 9.17) is 11.6 Å². The highest BCUT2D eigenvalue weighted by molar-refractivity contribution is 7.89. The second-order valence-corrected chi connectivity index (χ2v) is 8.69. The summed E-state index contributed by atoms with van der Waals surface area (Å²) in [5.41, 5.74) is 1.58. The molecule has 2 rings (SSSR count). The normalized spacial score (nSPS) is 12.8. The number of nitrogens with one attached hydrogen (secondary N) is 2. The van der Waals surface area contributed by atoms with E-state index >= 15 is 0 Å². The van der Waals surface area contributed by atoms with Gasteiger partial charge in [0.2, 0.25) is 15.9 Å². The van der Waals surface area contributed by atoms with Crippen LogP contribution in [0.15, 0.2) is 53.4 Å². The quantitative estimate of drug-likeness (QED) is 0.645. The van der Waals surface area contributed by atoms with Gasteiger partial charge in [-0.3, -0.25) is 4.79 Å². The van der Waals surface area contributed by atoms with Crippen molar-refractivity contribution in [1.29, 1.82) is 0 Å². The van der Waals surface area contributed by atoms with E-state index in [-0.39, 0.29) is 23.4 Å². The number of sulfonamides is 1. The van der Waals surface area contributed by atoms with Crippen LogP contribution in [0.2, 0.25) is 5.02 Å². The van der Waals surface area contributed by atoms with Gasteiger partial charge in [-0.05, 0) is 48.9 Å². The maximum atomic E-state index is 12.5. The molecule has 0 unspecified atom stereocenters. The predicted octanol–water partition coefficient (Wildman–Crippen LogP) is 3.66. The number of halogens is 1. The highest BCUT2D eigenvalue weighted by Crippen LogP contribution is 2.19. The van der Waals surface area contributed by atoms with E-state index in [9.17, 15) is 13.2 Å². The number of carbonyl (C=O) groups excluding carboxylic acids is 1. The average Bonchev–Trinajstić information content (AvgIpc) is 2.68. The van der Waals surface area contributed by atoms with Crippen molar-refractivity contribution < 1.29 is 13.2 Å². The molecule has 2 N–H and O–H groups in total. The van der Waals surface area contributed by atoms with E-state index in [1.807, 2.05) is 31.2 Å². The third kappa shape index (κ3) is 5.78. The van der Waals surface area contributed by atoms with Gasteiger partial charge >= 0.3 is 0 Å². The van der Waals surface area contributed by atoms with Gasteiger partial charge < -0.3 is 10.6 Å². The molecule has 0 aromatic heterocycles. The van der Waals surface area contributed by atoms with E-state index in [1.165, 1.54) is 16.4 Å². The first-order valence-electron chi connectivity index (χ1n) is 9.16. The van der Waals surface area contributed by atoms with Crippen LogP contribution in [0.3, 0.4) is 0 Å². The van der Waals surface area contributed by atoms with E-state index in [2.05, 4.69) is 10.6 Å². The lowest BCUT2D eigenvalue weighted by Crippen LogP contribution is -2.31. The first-order chi connectivity index (χ1) is 13.3. The number of rotatable bonds is 9. The van der Waals surface area contributed by atoms with Crippen molar-refractivity contribution in [1.82, 2.24) is 9.62 Å². The molecule has 0 aliphatic rings. The number of hydrogen-bond donors (Lipinski definition) is 2. The number of nitrogens with zero attached hydrogens (tertiary/aromatic N) is 1. The summed E-state index contributed by atoms with van der Waals surface area (Å²) in [7, 11) is -3.50. The summed E-state index contributed by atoms with van der Waals surface area (Å²) in [4.78, 5) is 12.4. The Morgan fingerprint density at radius 3 is 2.14 bits per heavy atom. The topological polar surface area (TPSA) is 78.5 Å². The molecule has 0 fully saturated rings. The van der Waals surface area contributed by atoms with Crippen molar-refractivity contribution in [2.45, 2.75) is 31.7 Å². The van der Waals surface area contributed by atoms with Gasteiger partial charge in [-0.25, -0.2) is 8.42 Å². The van der Waals surface area contributed by atoms with Crippen LogP contribution in [0.4, 0.5) is 5.69 Å². The summed E-state index contributed by atoms with van der Waals surface area (Å²) in [6.45, 7) is 6.51. The Hall–Kier alpha value is -1.93. The highest BCUT2D eigenvalue weighted by Gasteiger charge is 2.21. The van der Waals surface area contributed by atoms with Crippen LogP contribution in [0.1, 0.15) is 32.4 Å². The number of benzene rings is 2. The fraction of sp³-hybridized carbons (Fsp3) is 0.350. The molecular weight excluding hydrogens is 398 g/mol. The maximum Gasteiger partial charge on any atom is 0.243 e. The third-order valence-corrected chi connectivity index (χ3v) is 6.74. The molecule has 28 heavy (non-hydrogen) atoms. The van der Waals surface area contributed by atoms with Gasteiger partial charge in [-0.2, -0.15) is 4.31 Å². The van der Waals surface area contributed by atoms with Crippen molar-refractivity contribution in [3.63, 3.8) is 0 Å². The molecule has 0 radical (unpaired) electrons. The lowest BCUT2D eigenvalue weighted by Gasteiger charge is -2.18. The molecule has 8 heteroatoms. The van der Waals surface area contributed by atoms with Gasteiger partial charge in [0.05, 0.1) is 11.4 Å². The Morgan fingerprint density at radius 1 is 1.04 bits per heavy atom. The van der Waals surface area contributed by atoms with Crippen LogP contribution in [-0.4, -0.2) is 38.3 Å². The van der Waals surface area contributed by atoms with E-state index in [1.54, 1.807) is 26.0 Å². The van der Waals surface area contributed by atoms with Crippen molar-refractivity contribution in [3.05, 3.63) is 59.1 Å². The van der Waals surface area contributed by atoms with Gasteiger partial charge in [-0.1, -0.05) is 37.6 Å². The zero-order valence-electron chi connectivity index (χ0n) is 16.3. The first-order valence-corrected chi connectivity index (χ1v) is 11.0. The van der Waals surface area contributed by atoms with E-state index in [0.717, 1.165) is 5.56 Å². The van der Waals surface area contributed by atoms with Crippen molar-refractivity contribution >= 4 is 33.2 Å². The smallest absolute Gasteiger partial charge is 0.243 e. The Bertz CT molecular complexity index is 880. The molecule has 0 aliphatic carbocycles. The van der Waals surface area contributed by atoms with Crippen molar-refractivity contribution in [2.24, 2.45) is 0 Å². The standard InChI is InChI=1S/C20H26ClN3O3S/c1-4-24(5-2)28(26,27)19-12-10-18(11-13-19)23-20(25)14-22-15(3)16-6-8-17(21)9-7-16/h6-13,15,22H,4-5,14H2,1-3H3,(H,23,25)/t15-/m0/s1. The summed E-state index contributed by atoms with van der Waals surface area (Å²) in [5, 5.41) is 6.58. The Balaban J connectivity index is 1.93. The Labute approximate surface area is 171 Å². The van der Waals surface area contributed by atoms with Crippen LogP contribution in [0.25, 0.3) is 0 Å². The predicted molar refractivity (Wildman–Crippen MR) is 113 cm³/mol. The van der Waals surface area contributed by atoms with Crippen LogP contribution in [0, 0.1) is 0 Å². The molecule has 2 aromatic carbocycles. The van der Waals surface area contributed by atoms with Gasteiger partial charge in [-0.15, -0.1) is 0 Å². The SMILES string of the molecule is CCN(CC)S(=O)(=O)c1ccc(NC(=O)CN[C@@H](C)c2ccc(Cl)cc2)cc1.